The first-order chi connectivity index (χ1) is 12.7. The van der Waals surface area contributed by atoms with Crippen LogP contribution in [0.2, 0.25) is 0 Å². The van der Waals surface area contributed by atoms with E-state index >= 15 is 0 Å². The van der Waals surface area contributed by atoms with Crippen molar-refractivity contribution in [3.05, 3.63) is 42.4 Å². The number of allylic oxidation sites excluding steroid dienone is 1. The van der Waals surface area contributed by atoms with E-state index < -0.39 is 0 Å². The van der Waals surface area contributed by atoms with Crippen molar-refractivity contribution in [2.24, 2.45) is 11.3 Å². The zero-order valence-electron chi connectivity index (χ0n) is 15.7. The fraction of sp³-hybridized carbons (Fsp3) is 0.591. The van der Waals surface area contributed by atoms with Gasteiger partial charge in [0.15, 0.2) is 0 Å². The molecule has 0 bridgehead atoms. The van der Waals surface area contributed by atoms with Crippen LogP contribution < -0.4 is 5.84 Å². The number of nitrogen functional groups attached to an aromatic ring is 1. The molecular weight excluding hydrogens is 320 g/mol. The number of hydrogen-bond acceptors (Lipinski definition) is 3. The van der Waals surface area contributed by atoms with Gasteiger partial charge in [-0.3, -0.25) is 0 Å². The highest BCUT2D eigenvalue weighted by molar-refractivity contribution is 5.75. The minimum Gasteiger partial charge on any atom is -0.364 e. The number of fused-ring (bicyclic) bond motifs is 3. The third-order valence-electron chi connectivity index (χ3n) is 7.49. The summed E-state index contributed by atoms with van der Waals surface area (Å²) >= 11 is 0. The van der Waals surface area contributed by atoms with Gasteiger partial charge in [0.25, 0.3) is 0 Å². The van der Waals surface area contributed by atoms with Gasteiger partial charge in [0.2, 0.25) is 0 Å². The first-order valence-corrected chi connectivity index (χ1v) is 10.4. The fourth-order valence-electron chi connectivity index (χ4n) is 6.24. The Morgan fingerprint density at radius 3 is 2.65 bits per heavy atom. The Hall–Kier alpha value is -1.97. The summed E-state index contributed by atoms with van der Waals surface area (Å²) in [6.07, 6.45) is 12.2. The molecule has 1 saturated heterocycles. The van der Waals surface area contributed by atoms with Crippen molar-refractivity contribution in [3.8, 4) is 0 Å². The fourth-order valence-corrected chi connectivity index (χ4v) is 6.24. The molecule has 3 fully saturated rings. The predicted octanol–water partition coefficient (Wildman–Crippen LogP) is 4.59. The van der Waals surface area contributed by atoms with E-state index in [-0.39, 0.29) is 0 Å². The van der Waals surface area contributed by atoms with Gasteiger partial charge in [-0.2, -0.15) is 0 Å². The Kier molecular flexibility index (Phi) is 3.77. The van der Waals surface area contributed by atoms with Crippen LogP contribution in [0.15, 0.2) is 36.5 Å². The summed E-state index contributed by atoms with van der Waals surface area (Å²) in [6.45, 7) is 5.46. The van der Waals surface area contributed by atoms with Crippen LogP contribution in [-0.2, 0) is 6.54 Å². The molecule has 2 unspecified atom stereocenters. The molecule has 1 aromatic heterocycles. The lowest BCUT2D eigenvalue weighted by molar-refractivity contribution is 0.117. The van der Waals surface area contributed by atoms with E-state index in [1.54, 1.807) is 4.68 Å². The largest absolute Gasteiger partial charge is 0.364 e. The molecule has 2 aliphatic carbocycles. The van der Waals surface area contributed by atoms with Crippen molar-refractivity contribution in [3.63, 3.8) is 0 Å². The standard InChI is InChI=1S/C22H30N4/c1-16-22(13-7-2-8-14-22)17-9-3-5-11-19(17)25(16)15-21-24-18-10-4-6-12-20(18)26(21)23/h4,6,10,12,17,19H,1-3,5,7-9,11,13-15,23H2. The van der Waals surface area contributed by atoms with E-state index in [2.05, 4.69) is 17.5 Å². The maximum atomic E-state index is 6.40. The first-order valence-electron chi connectivity index (χ1n) is 10.4. The van der Waals surface area contributed by atoms with Crippen LogP contribution in [0.3, 0.4) is 0 Å². The maximum Gasteiger partial charge on any atom is 0.147 e. The monoisotopic (exact) mass is 350 g/mol. The first kappa shape index (κ1) is 16.2. The van der Waals surface area contributed by atoms with E-state index in [4.69, 9.17) is 10.8 Å². The molecule has 2 N–H and O–H groups in total. The van der Waals surface area contributed by atoms with E-state index in [1.165, 1.54) is 63.5 Å². The van der Waals surface area contributed by atoms with Gasteiger partial charge < -0.3 is 10.7 Å². The highest BCUT2D eigenvalue weighted by atomic mass is 15.4. The average molecular weight is 351 g/mol. The Bertz CT molecular complexity index is 830. The van der Waals surface area contributed by atoms with Gasteiger partial charge in [-0.15, -0.1) is 0 Å². The zero-order chi connectivity index (χ0) is 17.7. The number of rotatable bonds is 2. The number of imidazole rings is 1. The van der Waals surface area contributed by atoms with Crippen LogP contribution in [0, 0.1) is 11.3 Å². The third-order valence-corrected chi connectivity index (χ3v) is 7.49. The molecule has 5 rings (SSSR count). The van der Waals surface area contributed by atoms with Crippen molar-refractivity contribution >= 4 is 11.0 Å². The second-order valence-corrected chi connectivity index (χ2v) is 8.64. The Morgan fingerprint density at radius 1 is 1.08 bits per heavy atom. The molecule has 3 aliphatic rings. The highest BCUT2D eigenvalue weighted by Gasteiger charge is 2.55. The van der Waals surface area contributed by atoms with Gasteiger partial charge in [-0.05, 0) is 43.7 Å². The number of likely N-dealkylation sites (tertiary alicyclic amines) is 1. The Morgan fingerprint density at radius 2 is 1.85 bits per heavy atom. The molecule has 4 nitrogen and oxygen atoms in total. The highest BCUT2D eigenvalue weighted by Crippen LogP contribution is 2.59. The predicted molar refractivity (Wildman–Crippen MR) is 106 cm³/mol. The molecule has 2 aromatic rings. The van der Waals surface area contributed by atoms with E-state index in [0.717, 1.165) is 29.3 Å². The van der Waals surface area contributed by atoms with E-state index in [0.29, 0.717) is 11.5 Å². The molecule has 2 atom stereocenters. The molecule has 1 aliphatic heterocycles. The Balaban J connectivity index is 1.51. The lowest BCUT2D eigenvalue weighted by Gasteiger charge is -2.41. The SMILES string of the molecule is C=C1N(Cc2nc3ccccc3n2N)C2CCCCC2C12CCCCC2. The number of nitrogens with zero attached hydrogens (tertiary/aromatic N) is 3. The summed E-state index contributed by atoms with van der Waals surface area (Å²) in [4.78, 5) is 7.43. The molecule has 26 heavy (non-hydrogen) atoms. The summed E-state index contributed by atoms with van der Waals surface area (Å²) in [5.41, 5.74) is 3.75. The normalized spacial score (nSPS) is 28.0. The summed E-state index contributed by atoms with van der Waals surface area (Å²) in [6, 6.07) is 8.79. The van der Waals surface area contributed by atoms with E-state index in [9.17, 15) is 0 Å². The van der Waals surface area contributed by atoms with Crippen LogP contribution in [-0.4, -0.2) is 20.6 Å². The second kappa shape index (κ2) is 6.04. The summed E-state index contributed by atoms with van der Waals surface area (Å²) in [5, 5.41) is 0. The van der Waals surface area contributed by atoms with Gasteiger partial charge in [0.1, 0.15) is 5.82 Å². The molecule has 138 valence electrons. The summed E-state index contributed by atoms with van der Waals surface area (Å²) in [7, 11) is 0. The van der Waals surface area contributed by atoms with Crippen LogP contribution in [0.1, 0.15) is 63.6 Å². The third kappa shape index (κ3) is 2.23. The van der Waals surface area contributed by atoms with Gasteiger partial charge in [-0.1, -0.05) is 50.8 Å². The molecule has 0 amide bonds. The minimum atomic E-state index is 0.356. The van der Waals surface area contributed by atoms with E-state index in [1.807, 2.05) is 18.2 Å². The van der Waals surface area contributed by atoms with Gasteiger partial charge >= 0.3 is 0 Å². The van der Waals surface area contributed by atoms with Crippen LogP contribution in [0.4, 0.5) is 0 Å². The van der Waals surface area contributed by atoms with Crippen molar-refractivity contribution < 1.29 is 0 Å². The lowest BCUT2D eigenvalue weighted by Crippen LogP contribution is -2.37. The van der Waals surface area contributed by atoms with Crippen LogP contribution >= 0.6 is 0 Å². The number of benzene rings is 1. The van der Waals surface area contributed by atoms with Gasteiger partial charge in [-0.25, -0.2) is 9.66 Å². The Labute approximate surface area is 156 Å². The summed E-state index contributed by atoms with van der Waals surface area (Å²) < 4.78 is 1.78. The van der Waals surface area contributed by atoms with Gasteiger partial charge in [0.05, 0.1) is 17.6 Å². The zero-order valence-corrected chi connectivity index (χ0v) is 15.7. The quantitative estimate of drug-likeness (QED) is 0.806. The smallest absolute Gasteiger partial charge is 0.147 e. The van der Waals surface area contributed by atoms with Crippen molar-refractivity contribution in [1.29, 1.82) is 0 Å². The van der Waals surface area contributed by atoms with Crippen LogP contribution in [0.25, 0.3) is 11.0 Å². The number of nitrogens with two attached hydrogens (primary N) is 1. The number of para-hydroxylation sites is 2. The molecule has 2 saturated carbocycles. The van der Waals surface area contributed by atoms with Crippen molar-refractivity contribution in [2.75, 3.05) is 5.84 Å². The number of hydrogen-bond donors (Lipinski definition) is 1. The molecule has 2 heterocycles. The van der Waals surface area contributed by atoms with Crippen molar-refractivity contribution in [1.82, 2.24) is 14.6 Å². The molecule has 1 aromatic carbocycles. The van der Waals surface area contributed by atoms with Crippen LogP contribution in [0.5, 0.6) is 0 Å². The number of aromatic nitrogens is 2. The maximum absolute atomic E-state index is 6.40. The topological polar surface area (TPSA) is 47.1 Å². The molecule has 1 spiro atoms. The lowest BCUT2D eigenvalue weighted by atomic mass is 9.62. The second-order valence-electron chi connectivity index (χ2n) is 8.64. The van der Waals surface area contributed by atoms with Crippen molar-refractivity contribution in [2.45, 2.75) is 70.4 Å². The molecular formula is C22H30N4. The molecule has 0 radical (unpaired) electrons. The summed E-state index contributed by atoms with van der Waals surface area (Å²) in [5.74, 6) is 8.15. The molecule has 4 heteroatoms. The van der Waals surface area contributed by atoms with Gasteiger partial charge in [0, 0.05) is 17.2 Å². The minimum absolute atomic E-state index is 0.356. The average Bonchev–Trinajstić information content (AvgIpc) is 3.12.